The lowest BCUT2D eigenvalue weighted by molar-refractivity contribution is -0.148. The van der Waals surface area contributed by atoms with Gasteiger partial charge < -0.3 is 9.64 Å². The standard InChI is InChI=1S/C23H29N3O3/c1-15-23(17(3)27)16(2)26(24-15)12-11-22(28)25-13-20(18-7-5-4-6-8-18)29-21(14-25)19-9-10-19/h4-8,19-21H,9-14H2,1-3H3/t20-,21+/m0/s1. The van der Waals surface area contributed by atoms with Crippen LogP contribution < -0.4 is 0 Å². The van der Waals surface area contributed by atoms with Gasteiger partial charge in [0.05, 0.1) is 23.9 Å². The number of ether oxygens (including phenoxy) is 1. The van der Waals surface area contributed by atoms with Crippen molar-refractivity contribution < 1.29 is 14.3 Å². The van der Waals surface area contributed by atoms with Gasteiger partial charge in [0, 0.05) is 25.2 Å². The Morgan fingerprint density at radius 2 is 1.86 bits per heavy atom. The molecule has 1 aromatic carbocycles. The van der Waals surface area contributed by atoms with E-state index in [0.717, 1.165) is 17.0 Å². The van der Waals surface area contributed by atoms with E-state index in [4.69, 9.17) is 4.74 Å². The second-order valence-corrected chi connectivity index (χ2v) is 8.29. The zero-order valence-corrected chi connectivity index (χ0v) is 17.4. The summed E-state index contributed by atoms with van der Waals surface area (Å²) < 4.78 is 8.14. The zero-order valence-electron chi connectivity index (χ0n) is 17.4. The molecule has 1 saturated carbocycles. The Morgan fingerprint density at radius 1 is 1.14 bits per heavy atom. The first kappa shape index (κ1) is 19.8. The number of hydrogen-bond donors (Lipinski definition) is 0. The minimum Gasteiger partial charge on any atom is -0.366 e. The van der Waals surface area contributed by atoms with Crippen molar-refractivity contribution in [3.8, 4) is 0 Å². The maximum Gasteiger partial charge on any atom is 0.224 e. The molecule has 0 bridgehead atoms. The average Bonchev–Trinajstić information content (AvgIpc) is 3.52. The highest BCUT2D eigenvalue weighted by atomic mass is 16.5. The molecule has 1 amide bonds. The van der Waals surface area contributed by atoms with Crippen molar-refractivity contribution in [1.29, 1.82) is 0 Å². The van der Waals surface area contributed by atoms with Gasteiger partial charge in [0.25, 0.3) is 0 Å². The van der Waals surface area contributed by atoms with Crippen LogP contribution in [0.2, 0.25) is 0 Å². The molecule has 0 unspecified atom stereocenters. The lowest BCUT2D eigenvalue weighted by Crippen LogP contribution is -2.47. The Hall–Kier alpha value is -2.47. The average molecular weight is 396 g/mol. The Bertz CT molecular complexity index is 902. The van der Waals surface area contributed by atoms with Crippen LogP contribution in [0.25, 0.3) is 0 Å². The molecule has 29 heavy (non-hydrogen) atoms. The number of ketones is 1. The van der Waals surface area contributed by atoms with Gasteiger partial charge in [-0.25, -0.2) is 0 Å². The van der Waals surface area contributed by atoms with Gasteiger partial charge in [0.2, 0.25) is 5.91 Å². The minimum absolute atomic E-state index is 0.0173. The first-order valence-corrected chi connectivity index (χ1v) is 10.5. The van der Waals surface area contributed by atoms with Gasteiger partial charge in [0.1, 0.15) is 6.10 Å². The number of aromatic nitrogens is 2. The van der Waals surface area contributed by atoms with Crippen molar-refractivity contribution in [3.63, 3.8) is 0 Å². The first-order chi connectivity index (χ1) is 13.9. The fourth-order valence-corrected chi connectivity index (χ4v) is 4.36. The summed E-state index contributed by atoms with van der Waals surface area (Å²) in [5, 5.41) is 4.46. The van der Waals surface area contributed by atoms with Crippen molar-refractivity contribution >= 4 is 11.7 Å². The van der Waals surface area contributed by atoms with E-state index >= 15 is 0 Å². The molecule has 1 aliphatic heterocycles. The molecule has 0 spiro atoms. The Kier molecular flexibility index (Phi) is 5.54. The van der Waals surface area contributed by atoms with Gasteiger partial charge in [0.15, 0.2) is 5.78 Å². The van der Waals surface area contributed by atoms with Gasteiger partial charge in [-0.2, -0.15) is 5.10 Å². The number of morpholine rings is 1. The Morgan fingerprint density at radius 3 is 2.48 bits per heavy atom. The molecule has 2 fully saturated rings. The predicted octanol–water partition coefficient (Wildman–Crippen LogP) is 3.47. The molecule has 6 heteroatoms. The summed E-state index contributed by atoms with van der Waals surface area (Å²) in [6.07, 6.45) is 2.80. The largest absolute Gasteiger partial charge is 0.366 e. The monoisotopic (exact) mass is 395 g/mol. The zero-order chi connectivity index (χ0) is 20.5. The van der Waals surface area contributed by atoms with Gasteiger partial charge in [-0.15, -0.1) is 0 Å². The summed E-state index contributed by atoms with van der Waals surface area (Å²) in [7, 11) is 0. The lowest BCUT2D eigenvalue weighted by Gasteiger charge is -2.38. The van der Waals surface area contributed by atoms with Crippen molar-refractivity contribution in [2.75, 3.05) is 13.1 Å². The molecule has 0 radical (unpaired) electrons. The number of benzene rings is 1. The Labute approximate surface area is 171 Å². The van der Waals surface area contributed by atoms with Crippen LogP contribution in [0, 0.1) is 19.8 Å². The van der Waals surface area contributed by atoms with Crippen molar-refractivity contribution in [2.24, 2.45) is 5.92 Å². The van der Waals surface area contributed by atoms with E-state index in [1.807, 2.05) is 36.9 Å². The predicted molar refractivity (Wildman–Crippen MR) is 110 cm³/mol. The summed E-state index contributed by atoms with van der Waals surface area (Å²) in [5.74, 6) is 0.714. The van der Waals surface area contributed by atoms with Gasteiger partial charge in [-0.05, 0) is 45.1 Å². The van der Waals surface area contributed by atoms with Crippen LogP contribution in [-0.2, 0) is 16.1 Å². The van der Waals surface area contributed by atoms with E-state index in [-0.39, 0.29) is 23.9 Å². The maximum atomic E-state index is 13.0. The topological polar surface area (TPSA) is 64.4 Å². The summed E-state index contributed by atoms with van der Waals surface area (Å²) in [4.78, 5) is 26.8. The highest BCUT2D eigenvalue weighted by molar-refractivity contribution is 5.96. The quantitative estimate of drug-likeness (QED) is 0.703. The van der Waals surface area contributed by atoms with E-state index in [1.165, 1.54) is 12.8 Å². The fraction of sp³-hybridized carbons (Fsp3) is 0.522. The first-order valence-electron chi connectivity index (χ1n) is 10.5. The summed E-state index contributed by atoms with van der Waals surface area (Å²) >= 11 is 0. The molecule has 6 nitrogen and oxygen atoms in total. The lowest BCUT2D eigenvalue weighted by atomic mass is 10.0. The van der Waals surface area contributed by atoms with Crippen LogP contribution in [0.5, 0.6) is 0 Å². The normalized spacial score (nSPS) is 22.0. The number of aryl methyl sites for hydroxylation is 2. The van der Waals surface area contributed by atoms with Gasteiger partial charge >= 0.3 is 0 Å². The molecule has 2 atom stereocenters. The Balaban J connectivity index is 1.44. The number of nitrogens with zero attached hydrogens (tertiary/aromatic N) is 3. The highest BCUT2D eigenvalue weighted by Gasteiger charge is 2.40. The second-order valence-electron chi connectivity index (χ2n) is 8.29. The van der Waals surface area contributed by atoms with E-state index < -0.39 is 0 Å². The molecule has 0 N–H and O–H groups in total. The van der Waals surface area contributed by atoms with Crippen LogP contribution in [0.15, 0.2) is 30.3 Å². The number of Topliss-reactive ketones (excluding diaryl/α,β-unsaturated/α-hetero) is 1. The number of amides is 1. The molecular formula is C23H29N3O3. The fourth-order valence-electron chi connectivity index (χ4n) is 4.36. The van der Waals surface area contributed by atoms with Crippen LogP contribution >= 0.6 is 0 Å². The molecule has 4 rings (SSSR count). The van der Waals surface area contributed by atoms with Crippen molar-refractivity contribution in [3.05, 3.63) is 52.8 Å². The van der Waals surface area contributed by atoms with Crippen LogP contribution in [0.1, 0.15) is 59.6 Å². The third kappa shape index (κ3) is 4.27. The van der Waals surface area contributed by atoms with E-state index in [9.17, 15) is 9.59 Å². The molecule has 1 aliphatic carbocycles. The van der Waals surface area contributed by atoms with Crippen molar-refractivity contribution in [2.45, 2.75) is 58.8 Å². The van der Waals surface area contributed by atoms with Crippen LogP contribution in [-0.4, -0.2) is 45.6 Å². The second kappa shape index (κ2) is 8.11. The van der Waals surface area contributed by atoms with E-state index in [2.05, 4.69) is 17.2 Å². The van der Waals surface area contributed by atoms with Gasteiger partial charge in [-0.3, -0.25) is 14.3 Å². The molecule has 2 aliphatic rings. The molecule has 1 saturated heterocycles. The minimum atomic E-state index is -0.0718. The number of carbonyl (C=O) groups is 2. The molecule has 2 heterocycles. The number of carbonyl (C=O) groups excluding carboxylic acids is 2. The summed E-state index contributed by atoms with van der Waals surface area (Å²) in [5.41, 5.74) is 3.36. The van der Waals surface area contributed by atoms with E-state index in [0.29, 0.717) is 37.5 Å². The third-order valence-corrected chi connectivity index (χ3v) is 6.07. The SMILES string of the molecule is CC(=O)c1c(C)nn(CCC(=O)N2C[C@@H](c3ccccc3)O[C@@H](C3CC3)C2)c1C. The number of hydrogen-bond acceptors (Lipinski definition) is 4. The number of rotatable bonds is 6. The van der Waals surface area contributed by atoms with Crippen molar-refractivity contribution in [1.82, 2.24) is 14.7 Å². The molecular weight excluding hydrogens is 366 g/mol. The molecule has 1 aromatic heterocycles. The summed E-state index contributed by atoms with van der Waals surface area (Å²) in [6.45, 7) is 7.03. The highest BCUT2D eigenvalue weighted by Crippen LogP contribution is 2.39. The molecule has 2 aromatic rings. The maximum absolute atomic E-state index is 13.0. The van der Waals surface area contributed by atoms with Gasteiger partial charge in [-0.1, -0.05) is 30.3 Å². The van der Waals surface area contributed by atoms with Crippen LogP contribution in [0.3, 0.4) is 0 Å². The smallest absolute Gasteiger partial charge is 0.224 e. The van der Waals surface area contributed by atoms with E-state index in [1.54, 1.807) is 11.6 Å². The van der Waals surface area contributed by atoms with Crippen LogP contribution in [0.4, 0.5) is 0 Å². The third-order valence-electron chi connectivity index (χ3n) is 6.07. The summed E-state index contributed by atoms with van der Waals surface area (Å²) in [6, 6.07) is 10.2. The molecule has 154 valence electrons.